The van der Waals surface area contributed by atoms with Crippen molar-refractivity contribution in [2.24, 2.45) is 11.8 Å². The van der Waals surface area contributed by atoms with Crippen LogP contribution in [0.3, 0.4) is 0 Å². The minimum absolute atomic E-state index is 0.00451. The Kier molecular flexibility index (Phi) is 3.60. The number of pyridine rings is 1. The van der Waals surface area contributed by atoms with Gasteiger partial charge in [0, 0.05) is 5.92 Å². The molecule has 0 spiro atoms. The van der Waals surface area contributed by atoms with Gasteiger partial charge in [0.25, 0.3) is 0 Å². The minimum Gasteiger partial charge on any atom is -0.477 e. The predicted octanol–water partition coefficient (Wildman–Crippen LogP) is 2.15. The molecule has 18 heavy (non-hydrogen) atoms. The number of carboxylic acid groups (broad SMARTS) is 1. The van der Waals surface area contributed by atoms with E-state index in [-0.39, 0.29) is 17.5 Å². The Bertz CT molecular complexity index is 456. The molecule has 2 atom stereocenters. The second-order valence-corrected chi connectivity index (χ2v) is 4.74. The summed E-state index contributed by atoms with van der Waals surface area (Å²) in [5.74, 6) is -0.595. The number of hydrogen-bond donors (Lipinski definition) is 2. The highest BCUT2D eigenvalue weighted by molar-refractivity contribution is 5.93. The molecule has 0 aliphatic heterocycles. The topological polar surface area (TPSA) is 79.3 Å². The lowest BCUT2D eigenvalue weighted by Gasteiger charge is -2.14. The molecule has 1 aliphatic rings. The lowest BCUT2D eigenvalue weighted by molar-refractivity contribution is -0.120. The minimum atomic E-state index is -1.07. The first-order valence-corrected chi connectivity index (χ1v) is 6.08. The molecule has 2 N–H and O–H groups in total. The Morgan fingerprint density at radius 2 is 2.17 bits per heavy atom. The Balaban J connectivity index is 2.00. The molecule has 0 saturated heterocycles. The number of nitrogens with zero attached hydrogens (tertiary/aromatic N) is 1. The molecule has 96 valence electrons. The Morgan fingerprint density at radius 1 is 1.39 bits per heavy atom. The van der Waals surface area contributed by atoms with Gasteiger partial charge in [-0.05, 0) is 30.9 Å². The number of aromatic nitrogens is 1. The molecule has 5 nitrogen and oxygen atoms in total. The number of hydrogen-bond acceptors (Lipinski definition) is 3. The maximum atomic E-state index is 12.0. The average molecular weight is 248 g/mol. The monoisotopic (exact) mass is 248 g/mol. The molecule has 0 aromatic carbocycles. The van der Waals surface area contributed by atoms with Crippen molar-refractivity contribution in [3.63, 3.8) is 0 Å². The van der Waals surface area contributed by atoms with E-state index in [2.05, 4.69) is 17.2 Å². The molecule has 0 bridgehead atoms. The van der Waals surface area contributed by atoms with Gasteiger partial charge >= 0.3 is 5.97 Å². The Morgan fingerprint density at radius 3 is 2.67 bits per heavy atom. The van der Waals surface area contributed by atoms with Gasteiger partial charge in [-0.25, -0.2) is 9.78 Å². The van der Waals surface area contributed by atoms with Gasteiger partial charge in [-0.1, -0.05) is 13.3 Å². The largest absolute Gasteiger partial charge is 0.477 e. The summed E-state index contributed by atoms with van der Waals surface area (Å²) < 4.78 is 0. The molecule has 1 aliphatic carbocycles. The van der Waals surface area contributed by atoms with Gasteiger partial charge < -0.3 is 10.4 Å². The fourth-order valence-corrected chi connectivity index (χ4v) is 2.36. The van der Waals surface area contributed by atoms with Crippen LogP contribution in [0.4, 0.5) is 5.69 Å². The van der Waals surface area contributed by atoms with E-state index in [0.717, 1.165) is 19.3 Å². The third-order valence-corrected chi connectivity index (χ3v) is 3.45. The summed E-state index contributed by atoms with van der Waals surface area (Å²) in [6, 6.07) is 2.95. The smallest absolute Gasteiger partial charge is 0.354 e. The van der Waals surface area contributed by atoms with Crippen LogP contribution in [0.1, 0.15) is 36.7 Å². The number of carbonyl (C=O) groups is 2. The van der Waals surface area contributed by atoms with Crippen molar-refractivity contribution in [1.29, 1.82) is 0 Å². The first-order valence-electron chi connectivity index (χ1n) is 6.08. The molecular formula is C13H16N2O3. The molecule has 1 saturated carbocycles. The highest BCUT2D eigenvalue weighted by Crippen LogP contribution is 2.31. The van der Waals surface area contributed by atoms with Crippen LogP contribution in [0.5, 0.6) is 0 Å². The highest BCUT2D eigenvalue weighted by atomic mass is 16.4. The summed E-state index contributed by atoms with van der Waals surface area (Å²) in [7, 11) is 0. The van der Waals surface area contributed by atoms with Crippen molar-refractivity contribution in [3.05, 3.63) is 24.0 Å². The molecule has 2 rings (SSSR count). The summed E-state index contributed by atoms with van der Waals surface area (Å²) >= 11 is 0. The van der Waals surface area contributed by atoms with Crippen LogP contribution in [-0.2, 0) is 4.79 Å². The van der Waals surface area contributed by atoms with Gasteiger partial charge in [0.1, 0.15) is 5.69 Å². The molecule has 2 unspecified atom stereocenters. The van der Waals surface area contributed by atoms with Crippen LogP contribution in [0.15, 0.2) is 18.3 Å². The zero-order valence-corrected chi connectivity index (χ0v) is 10.2. The van der Waals surface area contributed by atoms with Crippen LogP contribution in [0, 0.1) is 11.8 Å². The van der Waals surface area contributed by atoms with Crippen molar-refractivity contribution in [2.75, 3.05) is 5.32 Å². The lowest BCUT2D eigenvalue weighted by atomic mass is 9.97. The number of anilines is 1. The normalized spacial score (nSPS) is 22.7. The second kappa shape index (κ2) is 5.16. The van der Waals surface area contributed by atoms with Crippen molar-refractivity contribution in [2.45, 2.75) is 26.2 Å². The molecule has 1 heterocycles. The van der Waals surface area contributed by atoms with E-state index in [9.17, 15) is 9.59 Å². The quantitative estimate of drug-likeness (QED) is 0.859. The van der Waals surface area contributed by atoms with Crippen LogP contribution in [0.25, 0.3) is 0 Å². The summed E-state index contributed by atoms with van der Waals surface area (Å²) in [6.07, 6.45) is 4.48. The fourth-order valence-electron chi connectivity index (χ4n) is 2.36. The number of carboxylic acids is 1. The molecule has 0 radical (unpaired) electrons. The second-order valence-electron chi connectivity index (χ2n) is 4.74. The number of rotatable bonds is 3. The number of nitrogens with one attached hydrogen (secondary N) is 1. The molecular weight excluding hydrogens is 232 g/mol. The Labute approximate surface area is 105 Å². The number of aromatic carboxylic acids is 1. The zero-order chi connectivity index (χ0) is 13.1. The fraction of sp³-hybridized carbons (Fsp3) is 0.462. The number of amides is 1. The molecule has 1 fully saturated rings. The SMILES string of the molecule is CC1CCCC1C(=O)Nc1ccc(C(=O)O)nc1. The summed E-state index contributed by atoms with van der Waals surface area (Å²) in [5, 5.41) is 11.5. The van der Waals surface area contributed by atoms with E-state index in [4.69, 9.17) is 5.11 Å². The van der Waals surface area contributed by atoms with Crippen molar-refractivity contribution >= 4 is 17.6 Å². The van der Waals surface area contributed by atoms with E-state index in [1.165, 1.54) is 12.3 Å². The average Bonchev–Trinajstić information content (AvgIpc) is 2.76. The summed E-state index contributed by atoms with van der Waals surface area (Å²) in [5.41, 5.74) is 0.520. The Hall–Kier alpha value is -1.91. The first-order chi connectivity index (χ1) is 8.58. The lowest BCUT2D eigenvalue weighted by Crippen LogP contribution is -2.24. The van der Waals surface area contributed by atoms with Crippen molar-refractivity contribution in [1.82, 2.24) is 4.98 Å². The molecule has 5 heteroatoms. The van der Waals surface area contributed by atoms with Crippen LogP contribution in [0.2, 0.25) is 0 Å². The number of carbonyl (C=O) groups excluding carboxylic acids is 1. The third kappa shape index (κ3) is 2.67. The van der Waals surface area contributed by atoms with E-state index in [1.54, 1.807) is 6.07 Å². The highest BCUT2D eigenvalue weighted by Gasteiger charge is 2.29. The summed E-state index contributed by atoms with van der Waals surface area (Å²) in [6.45, 7) is 2.09. The molecule has 1 aromatic rings. The van der Waals surface area contributed by atoms with Gasteiger partial charge in [0.2, 0.25) is 5.91 Å². The van der Waals surface area contributed by atoms with Gasteiger partial charge in [-0.3, -0.25) is 4.79 Å². The van der Waals surface area contributed by atoms with Crippen molar-refractivity contribution in [3.8, 4) is 0 Å². The maximum Gasteiger partial charge on any atom is 0.354 e. The third-order valence-electron chi connectivity index (χ3n) is 3.45. The van der Waals surface area contributed by atoms with E-state index >= 15 is 0 Å². The maximum absolute atomic E-state index is 12.0. The molecule has 1 aromatic heterocycles. The standard InChI is InChI=1S/C13H16N2O3/c1-8-3-2-4-10(8)12(16)15-9-5-6-11(13(17)18)14-7-9/h5-8,10H,2-4H2,1H3,(H,15,16)(H,17,18). The van der Waals surface area contributed by atoms with Crippen LogP contribution < -0.4 is 5.32 Å². The summed E-state index contributed by atoms with van der Waals surface area (Å²) in [4.78, 5) is 26.4. The first kappa shape index (κ1) is 12.5. The van der Waals surface area contributed by atoms with E-state index in [1.807, 2.05) is 0 Å². The molecule has 1 amide bonds. The van der Waals surface area contributed by atoms with Crippen LogP contribution >= 0.6 is 0 Å². The van der Waals surface area contributed by atoms with Gasteiger partial charge in [-0.15, -0.1) is 0 Å². The van der Waals surface area contributed by atoms with Gasteiger partial charge in [0.05, 0.1) is 11.9 Å². The van der Waals surface area contributed by atoms with Gasteiger partial charge in [-0.2, -0.15) is 0 Å². The van der Waals surface area contributed by atoms with Crippen LogP contribution in [-0.4, -0.2) is 22.0 Å². The van der Waals surface area contributed by atoms with E-state index < -0.39 is 5.97 Å². The van der Waals surface area contributed by atoms with E-state index in [0.29, 0.717) is 11.6 Å². The van der Waals surface area contributed by atoms with Gasteiger partial charge in [0.15, 0.2) is 0 Å². The zero-order valence-electron chi connectivity index (χ0n) is 10.2. The predicted molar refractivity (Wildman–Crippen MR) is 66.3 cm³/mol. The van der Waals surface area contributed by atoms with Crippen molar-refractivity contribution < 1.29 is 14.7 Å².